The van der Waals surface area contributed by atoms with Gasteiger partial charge in [-0.05, 0) is 49.7 Å². The maximum atomic E-state index is 11.1. The van der Waals surface area contributed by atoms with Crippen LogP contribution in [0.15, 0.2) is 18.3 Å². The number of nitrogens with zero attached hydrogens (tertiary/aromatic N) is 1. The van der Waals surface area contributed by atoms with Crippen molar-refractivity contribution in [2.24, 2.45) is 11.8 Å². The van der Waals surface area contributed by atoms with Crippen molar-refractivity contribution >= 4 is 22.5 Å². The molecular formula is C15H17ClN2O2. The summed E-state index contributed by atoms with van der Waals surface area (Å²) in [4.78, 5) is 0. The number of rotatable bonds is 1. The van der Waals surface area contributed by atoms with Crippen LogP contribution in [0.4, 0.5) is 0 Å². The van der Waals surface area contributed by atoms with Crippen molar-refractivity contribution in [2.75, 3.05) is 0 Å². The van der Waals surface area contributed by atoms with E-state index >= 15 is 0 Å². The highest BCUT2D eigenvalue weighted by Gasteiger charge is 2.49. The third kappa shape index (κ3) is 1.79. The van der Waals surface area contributed by atoms with Gasteiger partial charge in [0, 0.05) is 16.0 Å². The number of halogens is 1. The number of aromatic amines is 1. The first-order valence-electron chi connectivity index (χ1n) is 7.09. The largest absolute Gasteiger partial charge is 0.393 e. The molecule has 2 unspecified atom stereocenters. The number of aliphatic hydroxyl groups is 2. The van der Waals surface area contributed by atoms with Gasteiger partial charge in [-0.3, -0.25) is 5.10 Å². The number of hydrogen-bond donors (Lipinski definition) is 3. The second-order valence-corrected chi connectivity index (χ2v) is 6.81. The van der Waals surface area contributed by atoms with E-state index in [1.807, 2.05) is 12.1 Å². The highest BCUT2D eigenvalue weighted by molar-refractivity contribution is 6.31. The van der Waals surface area contributed by atoms with Gasteiger partial charge in [-0.1, -0.05) is 11.6 Å². The average Bonchev–Trinajstić information content (AvgIpc) is 3.01. The van der Waals surface area contributed by atoms with Crippen LogP contribution in [0.3, 0.4) is 0 Å². The van der Waals surface area contributed by atoms with Gasteiger partial charge in [0.25, 0.3) is 0 Å². The van der Waals surface area contributed by atoms with Crippen LogP contribution in [0, 0.1) is 11.8 Å². The molecule has 1 aromatic carbocycles. The predicted octanol–water partition coefficient (Wildman–Crippen LogP) is 2.58. The van der Waals surface area contributed by atoms with Crippen LogP contribution in [-0.2, 0) is 5.60 Å². The van der Waals surface area contributed by atoms with Gasteiger partial charge < -0.3 is 10.2 Å². The zero-order valence-corrected chi connectivity index (χ0v) is 11.8. The zero-order valence-electron chi connectivity index (χ0n) is 11.0. The number of benzene rings is 1. The van der Waals surface area contributed by atoms with E-state index in [4.69, 9.17) is 11.6 Å². The van der Waals surface area contributed by atoms with Gasteiger partial charge >= 0.3 is 0 Å². The molecule has 4 nitrogen and oxygen atoms in total. The number of H-pyrrole nitrogens is 1. The quantitative estimate of drug-likeness (QED) is 0.757. The first kappa shape index (κ1) is 12.6. The Morgan fingerprint density at radius 1 is 1.25 bits per heavy atom. The van der Waals surface area contributed by atoms with Gasteiger partial charge in [0.2, 0.25) is 0 Å². The highest BCUT2D eigenvalue weighted by atomic mass is 35.5. The standard InChI is InChI=1S/C15H17ClN2O2/c16-11-1-10-7-17-18-14(10)13(4-11)15(20)5-8-2-12(19)3-9(8)6-15/h1,4,7-9,12,19-20H,2-3,5-6H2,(H,17,18). The second-order valence-electron chi connectivity index (χ2n) is 6.37. The first-order valence-corrected chi connectivity index (χ1v) is 7.46. The minimum atomic E-state index is -0.856. The summed E-state index contributed by atoms with van der Waals surface area (Å²) in [7, 11) is 0. The normalized spacial score (nSPS) is 36.6. The van der Waals surface area contributed by atoms with Crippen LogP contribution in [-0.4, -0.2) is 26.5 Å². The van der Waals surface area contributed by atoms with E-state index in [0.717, 1.165) is 29.3 Å². The molecule has 1 heterocycles. The summed E-state index contributed by atoms with van der Waals surface area (Å²) in [6, 6.07) is 3.70. The number of aromatic nitrogens is 2. The van der Waals surface area contributed by atoms with Gasteiger partial charge in [0.15, 0.2) is 0 Å². The summed E-state index contributed by atoms with van der Waals surface area (Å²) in [6.07, 6.45) is 4.54. The van der Waals surface area contributed by atoms with Crippen molar-refractivity contribution in [1.29, 1.82) is 0 Å². The molecule has 2 fully saturated rings. The van der Waals surface area contributed by atoms with Crippen molar-refractivity contribution in [3.05, 3.63) is 28.9 Å². The Balaban J connectivity index is 1.78. The van der Waals surface area contributed by atoms with Gasteiger partial charge in [-0.15, -0.1) is 0 Å². The third-order valence-electron chi connectivity index (χ3n) is 5.03. The van der Waals surface area contributed by atoms with Crippen LogP contribution in [0.5, 0.6) is 0 Å². The molecule has 2 saturated carbocycles. The molecule has 4 rings (SSSR count). The molecule has 1 aromatic heterocycles. The second kappa shape index (κ2) is 4.20. The SMILES string of the molecule is OC1CC2CC(O)(c3cc(Cl)cc4cn[nH]c34)CC2C1. The number of nitrogens with one attached hydrogen (secondary N) is 1. The van der Waals surface area contributed by atoms with Crippen LogP contribution < -0.4 is 0 Å². The monoisotopic (exact) mass is 292 g/mol. The molecule has 0 radical (unpaired) electrons. The van der Waals surface area contributed by atoms with Crippen molar-refractivity contribution in [3.63, 3.8) is 0 Å². The lowest BCUT2D eigenvalue weighted by atomic mass is 9.88. The summed E-state index contributed by atoms with van der Waals surface area (Å²) in [5.74, 6) is 0.818. The molecule has 2 aliphatic rings. The topological polar surface area (TPSA) is 69.1 Å². The Morgan fingerprint density at radius 3 is 2.65 bits per heavy atom. The lowest BCUT2D eigenvalue weighted by Crippen LogP contribution is -2.24. The first-order chi connectivity index (χ1) is 9.55. The van der Waals surface area contributed by atoms with E-state index < -0.39 is 5.60 Å². The van der Waals surface area contributed by atoms with Gasteiger partial charge in [0.05, 0.1) is 23.4 Å². The predicted molar refractivity (Wildman–Crippen MR) is 76.5 cm³/mol. The summed E-state index contributed by atoms with van der Waals surface area (Å²) in [6.45, 7) is 0. The van der Waals surface area contributed by atoms with Gasteiger partial charge in [-0.2, -0.15) is 5.10 Å². The molecule has 0 spiro atoms. The van der Waals surface area contributed by atoms with Crippen LogP contribution in [0.2, 0.25) is 5.02 Å². The molecule has 0 aliphatic heterocycles. The number of hydrogen-bond acceptors (Lipinski definition) is 3. The summed E-state index contributed by atoms with van der Waals surface area (Å²) < 4.78 is 0. The van der Waals surface area contributed by atoms with E-state index in [2.05, 4.69) is 10.2 Å². The molecule has 0 bridgehead atoms. The summed E-state index contributed by atoms with van der Waals surface area (Å²) in [5.41, 5.74) is 0.865. The number of fused-ring (bicyclic) bond motifs is 2. The van der Waals surface area contributed by atoms with Crippen molar-refractivity contribution in [3.8, 4) is 0 Å². The third-order valence-corrected chi connectivity index (χ3v) is 5.25. The van der Waals surface area contributed by atoms with Crippen LogP contribution in [0.1, 0.15) is 31.2 Å². The summed E-state index contributed by atoms with van der Waals surface area (Å²) >= 11 is 6.17. The Hall–Kier alpha value is -1.10. The van der Waals surface area contributed by atoms with Gasteiger partial charge in [-0.25, -0.2) is 0 Å². The molecule has 2 aromatic rings. The molecule has 0 amide bonds. The van der Waals surface area contributed by atoms with E-state index in [1.165, 1.54) is 0 Å². The van der Waals surface area contributed by atoms with E-state index in [1.54, 1.807) is 6.20 Å². The van der Waals surface area contributed by atoms with Gasteiger partial charge in [0.1, 0.15) is 0 Å². The Morgan fingerprint density at radius 2 is 1.95 bits per heavy atom. The van der Waals surface area contributed by atoms with Crippen molar-refractivity contribution in [2.45, 2.75) is 37.4 Å². The van der Waals surface area contributed by atoms with E-state index in [0.29, 0.717) is 29.7 Å². The summed E-state index contributed by atoms with van der Waals surface area (Å²) in [5, 5.41) is 29.4. The molecule has 0 saturated heterocycles. The zero-order chi connectivity index (χ0) is 13.9. The van der Waals surface area contributed by atoms with E-state index in [9.17, 15) is 10.2 Å². The molecule has 20 heavy (non-hydrogen) atoms. The molecular weight excluding hydrogens is 276 g/mol. The fourth-order valence-corrected chi connectivity index (χ4v) is 4.47. The Labute approximate surface area is 121 Å². The average molecular weight is 293 g/mol. The van der Waals surface area contributed by atoms with E-state index in [-0.39, 0.29) is 6.10 Å². The van der Waals surface area contributed by atoms with Crippen molar-refractivity contribution in [1.82, 2.24) is 10.2 Å². The maximum absolute atomic E-state index is 11.1. The molecule has 106 valence electrons. The molecule has 2 aliphatic carbocycles. The van der Waals surface area contributed by atoms with Crippen LogP contribution in [0.25, 0.3) is 10.9 Å². The van der Waals surface area contributed by atoms with Crippen molar-refractivity contribution < 1.29 is 10.2 Å². The highest BCUT2D eigenvalue weighted by Crippen LogP contribution is 2.53. The molecule has 3 N–H and O–H groups in total. The van der Waals surface area contributed by atoms with Crippen LogP contribution >= 0.6 is 11.6 Å². The number of aliphatic hydroxyl groups excluding tert-OH is 1. The minimum Gasteiger partial charge on any atom is -0.393 e. The Kier molecular flexibility index (Phi) is 2.65. The Bertz CT molecular complexity index is 655. The lowest BCUT2D eigenvalue weighted by molar-refractivity contribution is 0.0302. The maximum Gasteiger partial charge on any atom is 0.0923 e. The minimum absolute atomic E-state index is 0.193. The fourth-order valence-electron chi connectivity index (χ4n) is 4.24. The lowest BCUT2D eigenvalue weighted by Gasteiger charge is -2.25. The smallest absolute Gasteiger partial charge is 0.0923 e. The molecule has 2 atom stereocenters. The fraction of sp³-hybridized carbons (Fsp3) is 0.533. The molecule has 5 heteroatoms.